The van der Waals surface area contributed by atoms with Crippen molar-refractivity contribution in [3.05, 3.63) is 51.5 Å². The number of nitrogens with zero attached hydrogens (tertiary/aromatic N) is 1. The second-order valence-corrected chi connectivity index (χ2v) is 10.2. The van der Waals surface area contributed by atoms with Gasteiger partial charge in [0.2, 0.25) is 0 Å². The van der Waals surface area contributed by atoms with Crippen LogP contribution in [0.25, 0.3) is 0 Å². The molecule has 2 atom stereocenters. The van der Waals surface area contributed by atoms with Crippen molar-refractivity contribution in [3.8, 4) is 11.5 Å². The fourth-order valence-corrected chi connectivity index (χ4v) is 4.89. The third-order valence-electron chi connectivity index (χ3n) is 6.10. The molecule has 1 heterocycles. The minimum Gasteiger partial charge on any atom is -0.488 e. The minimum absolute atomic E-state index is 0.0213. The van der Waals surface area contributed by atoms with E-state index in [9.17, 15) is 23.1 Å². The summed E-state index contributed by atoms with van der Waals surface area (Å²) in [6.07, 6.45) is -2.38. The molecule has 204 valence electrons. The Morgan fingerprint density at radius 3 is 2.70 bits per heavy atom. The first kappa shape index (κ1) is 29.1. The van der Waals surface area contributed by atoms with Crippen LogP contribution in [-0.2, 0) is 12.8 Å². The van der Waals surface area contributed by atoms with Crippen molar-refractivity contribution in [2.45, 2.75) is 51.4 Å². The Morgan fingerprint density at radius 1 is 1.27 bits per heavy atom. The highest BCUT2D eigenvalue weighted by molar-refractivity contribution is 9.10. The number of hydrogen-bond acceptors (Lipinski definition) is 6. The van der Waals surface area contributed by atoms with Crippen LogP contribution in [0.2, 0.25) is 0 Å². The van der Waals surface area contributed by atoms with E-state index in [2.05, 4.69) is 39.1 Å². The average Bonchev–Trinajstić information content (AvgIpc) is 3.13. The van der Waals surface area contributed by atoms with Gasteiger partial charge in [-0.2, -0.15) is 13.2 Å². The van der Waals surface area contributed by atoms with Crippen molar-refractivity contribution in [3.63, 3.8) is 0 Å². The molecule has 0 saturated carbocycles. The number of primary amides is 1. The fraction of sp³-hybridized carbons (Fsp3) is 0.500. The van der Waals surface area contributed by atoms with E-state index in [-0.39, 0.29) is 36.8 Å². The van der Waals surface area contributed by atoms with Gasteiger partial charge in [-0.15, -0.1) is 0 Å². The monoisotopic (exact) mass is 587 g/mol. The summed E-state index contributed by atoms with van der Waals surface area (Å²) in [6, 6.07) is 8.78. The number of nitrogens with two attached hydrogens (primary N) is 1. The van der Waals surface area contributed by atoms with Gasteiger partial charge in [-0.25, -0.2) is 0 Å². The zero-order chi connectivity index (χ0) is 27.2. The highest BCUT2D eigenvalue weighted by atomic mass is 79.9. The molecule has 37 heavy (non-hydrogen) atoms. The van der Waals surface area contributed by atoms with Gasteiger partial charge >= 0.3 is 6.18 Å². The number of alkyl halides is 3. The second-order valence-electron chi connectivity index (χ2n) is 9.24. The van der Waals surface area contributed by atoms with E-state index in [1.807, 2.05) is 13.0 Å². The Bertz CT molecular complexity index is 1080. The van der Waals surface area contributed by atoms with Crippen molar-refractivity contribution >= 4 is 27.5 Å². The molecule has 4 N–H and O–H groups in total. The van der Waals surface area contributed by atoms with Gasteiger partial charge in [-0.3, -0.25) is 4.79 Å². The Kier molecular flexibility index (Phi) is 10.1. The lowest BCUT2D eigenvalue weighted by atomic mass is 9.97. The molecule has 0 aromatic heterocycles. The molecular weight excluding hydrogens is 555 g/mol. The maximum Gasteiger partial charge on any atom is 0.422 e. The van der Waals surface area contributed by atoms with E-state index < -0.39 is 18.7 Å². The number of halogens is 4. The Hall–Kier alpha value is -2.50. The Labute approximate surface area is 223 Å². The SMILES string of the molecule is CC(Cc1cc2c(c(C(N)=O)c1)N(CCCO)C(C)C2)NCCOc1cc(Br)ccc1OCC(F)(F)F. The van der Waals surface area contributed by atoms with Crippen LogP contribution in [0, 0.1) is 0 Å². The van der Waals surface area contributed by atoms with E-state index in [0.717, 1.165) is 23.2 Å². The maximum atomic E-state index is 12.5. The molecule has 0 radical (unpaired) electrons. The van der Waals surface area contributed by atoms with Crippen molar-refractivity contribution in [2.24, 2.45) is 5.73 Å². The standard InChI is InChI=1S/C26H33BrF3N3O4/c1-16(32-6-9-36-23-14-20(27)4-5-22(23)37-15-26(28,29)30)10-18-12-19-11-17(2)33(7-3-8-34)24(19)21(13-18)25(31)35/h4-5,12-14,16-17,32,34H,3,6-11,15H2,1-2H3,(H2,31,35). The number of carbonyl (C=O) groups excluding carboxylic acids is 1. The van der Waals surface area contributed by atoms with Gasteiger partial charge in [0.05, 0.1) is 11.3 Å². The summed E-state index contributed by atoms with van der Waals surface area (Å²) in [5.41, 5.74) is 9.14. The molecule has 2 aromatic carbocycles. The van der Waals surface area contributed by atoms with Gasteiger partial charge in [0.25, 0.3) is 5.91 Å². The van der Waals surface area contributed by atoms with E-state index >= 15 is 0 Å². The average molecular weight is 588 g/mol. The molecule has 0 fully saturated rings. The number of benzene rings is 2. The first-order valence-electron chi connectivity index (χ1n) is 12.2. The molecule has 2 aromatic rings. The normalized spacial score (nSPS) is 16.0. The first-order chi connectivity index (χ1) is 17.5. The summed E-state index contributed by atoms with van der Waals surface area (Å²) in [5.74, 6) is -0.238. The number of hydrogen-bond donors (Lipinski definition) is 3. The van der Waals surface area contributed by atoms with Crippen molar-refractivity contribution in [2.75, 3.05) is 37.8 Å². The van der Waals surface area contributed by atoms with Crippen LogP contribution in [0.1, 0.15) is 41.8 Å². The first-order valence-corrected chi connectivity index (χ1v) is 13.0. The van der Waals surface area contributed by atoms with Gasteiger partial charge in [0.1, 0.15) is 6.61 Å². The molecule has 3 rings (SSSR count). The van der Waals surface area contributed by atoms with E-state index in [1.165, 1.54) is 6.07 Å². The van der Waals surface area contributed by atoms with Crippen LogP contribution in [0.3, 0.4) is 0 Å². The number of nitrogens with one attached hydrogen (secondary N) is 1. The molecule has 0 saturated heterocycles. The number of fused-ring (bicyclic) bond motifs is 1. The van der Waals surface area contributed by atoms with Crippen LogP contribution < -0.4 is 25.4 Å². The fourth-order valence-electron chi connectivity index (χ4n) is 4.55. The maximum absolute atomic E-state index is 12.5. The molecule has 1 amide bonds. The third kappa shape index (κ3) is 8.24. The smallest absolute Gasteiger partial charge is 0.422 e. The number of carbonyl (C=O) groups is 1. The molecule has 1 aliphatic rings. The third-order valence-corrected chi connectivity index (χ3v) is 6.59. The minimum atomic E-state index is -4.44. The summed E-state index contributed by atoms with van der Waals surface area (Å²) in [6.45, 7) is 4.11. The Morgan fingerprint density at radius 2 is 2.03 bits per heavy atom. The van der Waals surface area contributed by atoms with Crippen molar-refractivity contribution < 1.29 is 32.5 Å². The largest absolute Gasteiger partial charge is 0.488 e. The topological polar surface area (TPSA) is 97.1 Å². The number of aliphatic hydroxyl groups is 1. The number of ether oxygens (including phenoxy) is 2. The summed E-state index contributed by atoms with van der Waals surface area (Å²) >= 11 is 3.29. The van der Waals surface area contributed by atoms with Gasteiger partial charge in [-0.1, -0.05) is 22.0 Å². The molecule has 11 heteroatoms. The van der Waals surface area contributed by atoms with Gasteiger partial charge in [0, 0.05) is 36.3 Å². The molecule has 0 bridgehead atoms. The number of aliphatic hydroxyl groups excluding tert-OH is 1. The molecule has 1 aliphatic heterocycles. The van der Waals surface area contributed by atoms with Crippen molar-refractivity contribution in [1.29, 1.82) is 0 Å². The van der Waals surface area contributed by atoms with Crippen LogP contribution in [0.5, 0.6) is 11.5 Å². The molecule has 2 unspecified atom stereocenters. The Balaban J connectivity index is 1.58. The van der Waals surface area contributed by atoms with Gasteiger partial charge < -0.3 is 30.5 Å². The molecular formula is C26H33BrF3N3O4. The lowest BCUT2D eigenvalue weighted by Crippen LogP contribution is -2.33. The van der Waals surface area contributed by atoms with Crippen LogP contribution in [-0.4, -0.2) is 62.2 Å². The lowest BCUT2D eigenvalue weighted by molar-refractivity contribution is -0.153. The van der Waals surface area contributed by atoms with Crippen LogP contribution in [0.4, 0.5) is 18.9 Å². The van der Waals surface area contributed by atoms with Crippen LogP contribution in [0.15, 0.2) is 34.8 Å². The van der Waals surface area contributed by atoms with Crippen LogP contribution >= 0.6 is 15.9 Å². The second kappa shape index (κ2) is 12.8. The predicted molar refractivity (Wildman–Crippen MR) is 140 cm³/mol. The van der Waals surface area contributed by atoms with E-state index in [4.69, 9.17) is 15.2 Å². The predicted octanol–water partition coefficient (Wildman–Crippen LogP) is 4.22. The zero-order valence-electron chi connectivity index (χ0n) is 20.9. The molecule has 7 nitrogen and oxygen atoms in total. The summed E-state index contributed by atoms with van der Waals surface area (Å²) in [4.78, 5) is 14.4. The summed E-state index contributed by atoms with van der Waals surface area (Å²) in [7, 11) is 0. The summed E-state index contributed by atoms with van der Waals surface area (Å²) < 4.78 is 48.8. The highest BCUT2D eigenvalue weighted by Gasteiger charge is 2.31. The van der Waals surface area contributed by atoms with E-state index in [0.29, 0.717) is 36.0 Å². The highest BCUT2D eigenvalue weighted by Crippen LogP contribution is 2.37. The quantitative estimate of drug-likeness (QED) is 0.304. The zero-order valence-corrected chi connectivity index (χ0v) is 22.5. The number of rotatable bonds is 13. The molecule has 0 spiro atoms. The van der Waals surface area contributed by atoms with Gasteiger partial charge in [-0.05, 0) is 68.5 Å². The number of anilines is 1. The lowest BCUT2D eigenvalue weighted by Gasteiger charge is -2.26. The molecule has 0 aliphatic carbocycles. The number of amides is 1. The van der Waals surface area contributed by atoms with Crippen molar-refractivity contribution in [1.82, 2.24) is 5.32 Å². The van der Waals surface area contributed by atoms with E-state index in [1.54, 1.807) is 12.1 Å². The van der Waals surface area contributed by atoms with Gasteiger partial charge in [0.15, 0.2) is 18.1 Å². The summed E-state index contributed by atoms with van der Waals surface area (Å²) in [5, 5.41) is 12.6.